The summed E-state index contributed by atoms with van der Waals surface area (Å²) < 4.78 is 0. The third-order valence-corrected chi connectivity index (χ3v) is 4.75. The molecule has 4 heteroatoms. The molecule has 0 radical (unpaired) electrons. The van der Waals surface area contributed by atoms with Crippen LogP contribution in [0.2, 0.25) is 0 Å². The number of thiazole rings is 1. The van der Waals surface area contributed by atoms with Crippen LogP contribution in [0.1, 0.15) is 50.9 Å². The van der Waals surface area contributed by atoms with Crippen molar-refractivity contribution < 1.29 is 0 Å². The van der Waals surface area contributed by atoms with Gasteiger partial charge in [-0.15, -0.1) is 22.9 Å². The summed E-state index contributed by atoms with van der Waals surface area (Å²) in [6, 6.07) is 0.970. The second-order valence-electron chi connectivity index (χ2n) is 4.88. The van der Waals surface area contributed by atoms with Crippen molar-refractivity contribution in [2.45, 2.75) is 52.1 Å². The molecule has 0 spiro atoms. The molecular weight excluding hydrogens is 252 g/mol. The van der Waals surface area contributed by atoms with Gasteiger partial charge < -0.3 is 0 Å². The Bertz CT molecular complexity index is 338. The fourth-order valence-electron chi connectivity index (χ4n) is 1.93. The Morgan fingerprint density at radius 2 is 2.06 bits per heavy atom. The molecule has 0 amide bonds. The van der Waals surface area contributed by atoms with Gasteiger partial charge in [-0.1, -0.05) is 20.8 Å². The minimum atomic E-state index is 0.411. The smallest absolute Gasteiger partial charge is 0.110 e. The summed E-state index contributed by atoms with van der Waals surface area (Å²) in [5.41, 5.74) is 0.996. The highest BCUT2D eigenvalue weighted by molar-refractivity contribution is 7.09. The standard InChI is InChI=1S/C13H23ClN2S/c1-6-12(16(5)10(4)9(2)3)13-15-11(7-14)8-17-13/h8-10,12H,6-7H2,1-5H3. The summed E-state index contributed by atoms with van der Waals surface area (Å²) >= 11 is 7.54. The molecule has 0 bridgehead atoms. The Morgan fingerprint density at radius 3 is 2.47 bits per heavy atom. The molecule has 98 valence electrons. The first-order chi connectivity index (χ1) is 8.01. The van der Waals surface area contributed by atoms with Crippen molar-refractivity contribution in [2.75, 3.05) is 7.05 Å². The molecule has 0 aromatic carbocycles. The second-order valence-corrected chi connectivity index (χ2v) is 6.04. The minimum absolute atomic E-state index is 0.411. The summed E-state index contributed by atoms with van der Waals surface area (Å²) in [6.45, 7) is 9.03. The predicted molar refractivity (Wildman–Crippen MR) is 76.8 cm³/mol. The molecule has 0 saturated heterocycles. The SMILES string of the molecule is CCC(c1nc(CCl)cs1)N(C)C(C)C(C)C. The van der Waals surface area contributed by atoms with E-state index >= 15 is 0 Å². The number of nitrogens with zero attached hydrogens (tertiary/aromatic N) is 2. The average Bonchev–Trinajstić information content (AvgIpc) is 2.77. The van der Waals surface area contributed by atoms with E-state index in [4.69, 9.17) is 11.6 Å². The van der Waals surface area contributed by atoms with Crippen LogP contribution in [0.5, 0.6) is 0 Å². The lowest BCUT2D eigenvalue weighted by atomic mass is 10.0. The normalized spacial score (nSPS) is 15.5. The van der Waals surface area contributed by atoms with E-state index in [-0.39, 0.29) is 0 Å². The van der Waals surface area contributed by atoms with E-state index < -0.39 is 0 Å². The molecule has 0 fully saturated rings. The van der Waals surface area contributed by atoms with Crippen LogP contribution in [-0.2, 0) is 5.88 Å². The maximum atomic E-state index is 5.81. The molecule has 2 atom stereocenters. The molecule has 1 heterocycles. The van der Waals surface area contributed by atoms with Gasteiger partial charge in [0.2, 0.25) is 0 Å². The lowest BCUT2D eigenvalue weighted by Crippen LogP contribution is -2.36. The highest BCUT2D eigenvalue weighted by Crippen LogP contribution is 2.29. The van der Waals surface area contributed by atoms with E-state index in [1.807, 2.05) is 0 Å². The number of aromatic nitrogens is 1. The van der Waals surface area contributed by atoms with Gasteiger partial charge in [-0.3, -0.25) is 4.90 Å². The number of hydrogen-bond donors (Lipinski definition) is 0. The van der Waals surface area contributed by atoms with Crippen LogP contribution >= 0.6 is 22.9 Å². The summed E-state index contributed by atoms with van der Waals surface area (Å²) in [7, 11) is 2.20. The Morgan fingerprint density at radius 1 is 1.41 bits per heavy atom. The van der Waals surface area contributed by atoms with Crippen molar-refractivity contribution in [1.29, 1.82) is 0 Å². The second kappa shape index (κ2) is 6.72. The van der Waals surface area contributed by atoms with Crippen LogP contribution < -0.4 is 0 Å². The maximum Gasteiger partial charge on any atom is 0.110 e. The molecule has 0 aliphatic rings. The zero-order valence-corrected chi connectivity index (χ0v) is 13.0. The van der Waals surface area contributed by atoms with Crippen molar-refractivity contribution in [3.05, 3.63) is 16.1 Å². The van der Waals surface area contributed by atoms with Crippen molar-refractivity contribution in [1.82, 2.24) is 9.88 Å². The zero-order valence-electron chi connectivity index (χ0n) is 11.4. The van der Waals surface area contributed by atoms with E-state index in [2.05, 4.69) is 50.0 Å². The minimum Gasteiger partial charge on any atom is -0.294 e. The van der Waals surface area contributed by atoms with Crippen LogP contribution in [0, 0.1) is 5.92 Å². The maximum absolute atomic E-state index is 5.81. The highest BCUT2D eigenvalue weighted by atomic mass is 35.5. The van der Waals surface area contributed by atoms with Crippen LogP contribution in [-0.4, -0.2) is 23.0 Å². The first-order valence-electron chi connectivity index (χ1n) is 6.23. The number of rotatable bonds is 6. The highest BCUT2D eigenvalue weighted by Gasteiger charge is 2.24. The van der Waals surface area contributed by atoms with Gasteiger partial charge in [-0.05, 0) is 26.3 Å². The van der Waals surface area contributed by atoms with Gasteiger partial charge in [0.05, 0.1) is 17.6 Å². The van der Waals surface area contributed by atoms with Crippen LogP contribution in [0.3, 0.4) is 0 Å². The Labute approximate surface area is 114 Å². The molecule has 2 unspecified atom stereocenters. The van der Waals surface area contributed by atoms with Gasteiger partial charge in [0.25, 0.3) is 0 Å². The van der Waals surface area contributed by atoms with Gasteiger partial charge in [0.1, 0.15) is 5.01 Å². The van der Waals surface area contributed by atoms with E-state index in [1.54, 1.807) is 11.3 Å². The van der Waals surface area contributed by atoms with Gasteiger partial charge in [0, 0.05) is 11.4 Å². The zero-order chi connectivity index (χ0) is 13.0. The topological polar surface area (TPSA) is 16.1 Å². The van der Waals surface area contributed by atoms with Gasteiger partial charge in [-0.2, -0.15) is 0 Å². The summed E-state index contributed by atoms with van der Waals surface area (Å²) in [4.78, 5) is 7.04. The first-order valence-corrected chi connectivity index (χ1v) is 7.64. The average molecular weight is 275 g/mol. The van der Waals surface area contributed by atoms with Gasteiger partial charge in [-0.25, -0.2) is 4.98 Å². The lowest BCUT2D eigenvalue weighted by molar-refractivity contribution is 0.144. The van der Waals surface area contributed by atoms with E-state index in [9.17, 15) is 0 Å². The van der Waals surface area contributed by atoms with Crippen LogP contribution in [0.15, 0.2) is 5.38 Å². The van der Waals surface area contributed by atoms with E-state index in [0.717, 1.165) is 12.1 Å². The summed E-state index contributed by atoms with van der Waals surface area (Å²) in [5.74, 6) is 1.16. The molecule has 0 aliphatic heterocycles. The quantitative estimate of drug-likeness (QED) is 0.719. The van der Waals surface area contributed by atoms with Crippen LogP contribution in [0.25, 0.3) is 0 Å². The largest absolute Gasteiger partial charge is 0.294 e. The van der Waals surface area contributed by atoms with Gasteiger partial charge in [0.15, 0.2) is 0 Å². The molecule has 2 nitrogen and oxygen atoms in total. The lowest BCUT2D eigenvalue weighted by Gasteiger charge is -2.33. The van der Waals surface area contributed by atoms with Crippen molar-refractivity contribution in [3.8, 4) is 0 Å². The molecule has 17 heavy (non-hydrogen) atoms. The Kier molecular flexibility index (Phi) is 5.90. The molecule has 0 N–H and O–H groups in total. The monoisotopic (exact) mass is 274 g/mol. The third kappa shape index (κ3) is 3.67. The molecule has 1 aromatic rings. The predicted octanol–water partition coefficient (Wildman–Crippen LogP) is 4.31. The molecule has 1 aromatic heterocycles. The molecule has 0 saturated carbocycles. The van der Waals surface area contributed by atoms with Gasteiger partial charge >= 0.3 is 0 Å². The number of halogens is 1. The number of hydrogen-bond acceptors (Lipinski definition) is 3. The third-order valence-electron chi connectivity index (χ3n) is 3.48. The van der Waals surface area contributed by atoms with Crippen LogP contribution in [0.4, 0.5) is 0 Å². The van der Waals surface area contributed by atoms with E-state index in [0.29, 0.717) is 23.9 Å². The molecule has 1 rings (SSSR count). The molecule has 0 aliphatic carbocycles. The van der Waals surface area contributed by atoms with Crippen molar-refractivity contribution in [3.63, 3.8) is 0 Å². The molecular formula is C13H23ClN2S. The first kappa shape index (κ1) is 14.9. The fourth-order valence-corrected chi connectivity index (χ4v) is 3.21. The fraction of sp³-hybridized carbons (Fsp3) is 0.769. The van der Waals surface area contributed by atoms with E-state index in [1.165, 1.54) is 5.01 Å². The van der Waals surface area contributed by atoms with Crippen molar-refractivity contribution in [2.24, 2.45) is 5.92 Å². The van der Waals surface area contributed by atoms with Crippen molar-refractivity contribution >= 4 is 22.9 Å². The Hall–Kier alpha value is -0.120. The summed E-state index contributed by atoms with van der Waals surface area (Å²) in [6.07, 6.45) is 1.09. The Balaban J connectivity index is 2.83. The summed E-state index contributed by atoms with van der Waals surface area (Å²) in [5, 5.41) is 3.26. The number of alkyl halides is 1.